The van der Waals surface area contributed by atoms with Crippen LogP contribution in [0.4, 0.5) is 0 Å². The Kier molecular flexibility index (Phi) is 4.10. The zero-order valence-corrected chi connectivity index (χ0v) is 7.75. The monoisotopic (exact) mass is 167 g/mol. The van der Waals surface area contributed by atoms with Crippen molar-refractivity contribution < 1.29 is 4.74 Å². The molecule has 0 amide bonds. The van der Waals surface area contributed by atoms with Crippen molar-refractivity contribution in [2.45, 2.75) is 45.1 Å². The highest BCUT2D eigenvalue weighted by Crippen LogP contribution is 2.21. The topological polar surface area (TPSA) is 33.0 Å². The Balaban J connectivity index is 2.42. The molecule has 1 fully saturated rings. The third-order valence-corrected chi connectivity index (χ3v) is 2.52. The molecule has 2 atom stereocenters. The first kappa shape index (κ1) is 9.54. The fourth-order valence-corrected chi connectivity index (χ4v) is 1.70. The normalized spacial score (nSPS) is 27.2. The second-order valence-electron chi connectivity index (χ2n) is 3.40. The highest BCUT2D eigenvalue weighted by molar-refractivity contribution is 4.88. The maximum Gasteiger partial charge on any atom is 0.0733 e. The Morgan fingerprint density at radius 2 is 2.33 bits per heavy atom. The van der Waals surface area contributed by atoms with E-state index in [0.717, 1.165) is 19.4 Å². The third kappa shape index (κ3) is 2.49. The Hall–Kier alpha value is -0.550. The standard InChI is InChI=1S/C10H17NO/c1-2-9(8-11)10-6-4-3-5-7-12-10/h9-10H,2-7H2,1H3. The second-order valence-corrected chi connectivity index (χ2v) is 3.40. The van der Waals surface area contributed by atoms with Crippen LogP contribution in [-0.2, 0) is 4.74 Å². The molecule has 0 saturated carbocycles. The van der Waals surface area contributed by atoms with Gasteiger partial charge in [-0.05, 0) is 19.3 Å². The van der Waals surface area contributed by atoms with Gasteiger partial charge >= 0.3 is 0 Å². The van der Waals surface area contributed by atoms with Gasteiger partial charge in [-0.25, -0.2) is 0 Å². The zero-order valence-electron chi connectivity index (χ0n) is 7.75. The molecule has 1 heterocycles. The molecule has 0 spiro atoms. The Labute approximate surface area is 74.5 Å². The molecule has 0 aromatic rings. The highest BCUT2D eigenvalue weighted by Gasteiger charge is 2.21. The average Bonchev–Trinajstić information content (AvgIpc) is 2.35. The second kappa shape index (κ2) is 5.16. The lowest BCUT2D eigenvalue weighted by Gasteiger charge is -2.18. The van der Waals surface area contributed by atoms with Crippen molar-refractivity contribution >= 4 is 0 Å². The van der Waals surface area contributed by atoms with Crippen LogP contribution in [0.25, 0.3) is 0 Å². The molecular formula is C10H17NO. The summed E-state index contributed by atoms with van der Waals surface area (Å²) in [6, 6.07) is 2.32. The summed E-state index contributed by atoms with van der Waals surface area (Å²) in [5, 5.41) is 8.84. The van der Waals surface area contributed by atoms with Gasteiger partial charge in [0.2, 0.25) is 0 Å². The predicted octanol–water partition coefficient (Wildman–Crippen LogP) is 2.50. The Morgan fingerprint density at radius 1 is 1.50 bits per heavy atom. The van der Waals surface area contributed by atoms with Gasteiger partial charge in [-0.1, -0.05) is 19.8 Å². The summed E-state index contributed by atoms with van der Waals surface area (Å²) in [7, 11) is 0. The van der Waals surface area contributed by atoms with Crippen LogP contribution in [0, 0.1) is 17.2 Å². The minimum atomic E-state index is 0.114. The molecule has 0 radical (unpaired) electrons. The molecule has 2 unspecified atom stereocenters. The SMILES string of the molecule is CCC(C#N)C1CCCCCO1. The van der Waals surface area contributed by atoms with Crippen LogP contribution < -0.4 is 0 Å². The number of nitriles is 1. The first-order chi connectivity index (χ1) is 5.88. The maximum absolute atomic E-state index is 8.84. The zero-order chi connectivity index (χ0) is 8.81. The molecule has 1 rings (SSSR count). The van der Waals surface area contributed by atoms with Crippen LogP contribution in [0.2, 0.25) is 0 Å². The van der Waals surface area contributed by atoms with Gasteiger partial charge < -0.3 is 4.74 Å². The summed E-state index contributed by atoms with van der Waals surface area (Å²) >= 11 is 0. The first-order valence-corrected chi connectivity index (χ1v) is 4.89. The molecule has 0 bridgehead atoms. The van der Waals surface area contributed by atoms with Gasteiger partial charge in [-0.2, -0.15) is 5.26 Å². The number of nitrogens with zero attached hydrogens (tertiary/aromatic N) is 1. The molecule has 1 aliphatic rings. The summed E-state index contributed by atoms with van der Waals surface area (Å²) in [5.74, 6) is 0.114. The average molecular weight is 167 g/mol. The molecule has 12 heavy (non-hydrogen) atoms. The van der Waals surface area contributed by atoms with E-state index in [1.165, 1.54) is 19.3 Å². The van der Waals surface area contributed by atoms with Crippen molar-refractivity contribution in [3.05, 3.63) is 0 Å². The van der Waals surface area contributed by atoms with Gasteiger partial charge in [0.1, 0.15) is 0 Å². The lowest BCUT2D eigenvalue weighted by atomic mass is 9.97. The lowest BCUT2D eigenvalue weighted by Crippen LogP contribution is -2.21. The minimum absolute atomic E-state index is 0.114. The van der Waals surface area contributed by atoms with E-state index >= 15 is 0 Å². The van der Waals surface area contributed by atoms with E-state index in [1.54, 1.807) is 0 Å². The summed E-state index contributed by atoms with van der Waals surface area (Å²) in [6.45, 7) is 2.91. The van der Waals surface area contributed by atoms with Gasteiger partial charge in [0.05, 0.1) is 18.1 Å². The van der Waals surface area contributed by atoms with Crippen LogP contribution >= 0.6 is 0 Å². The number of hydrogen-bond donors (Lipinski definition) is 0. The number of rotatable bonds is 2. The maximum atomic E-state index is 8.84. The molecule has 68 valence electrons. The van der Waals surface area contributed by atoms with Gasteiger partial charge in [-0.15, -0.1) is 0 Å². The van der Waals surface area contributed by atoms with E-state index in [-0.39, 0.29) is 12.0 Å². The Morgan fingerprint density at radius 3 is 3.00 bits per heavy atom. The molecular weight excluding hydrogens is 150 g/mol. The molecule has 2 nitrogen and oxygen atoms in total. The van der Waals surface area contributed by atoms with Gasteiger partial charge in [0.25, 0.3) is 0 Å². The van der Waals surface area contributed by atoms with E-state index in [1.807, 2.05) is 0 Å². The minimum Gasteiger partial charge on any atom is -0.377 e. The van der Waals surface area contributed by atoms with E-state index < -0.39 is 0 Å². The predicted molar refractivity (Wildman–Crippen MR) is 47.6 cm³/mol. The third-order valence-electron chi connectivity index (χ3n) is 2.52. The van der Waals surface area contributed by atoms with E-state index in [4.69, 9.17) is 10.00 Å². The fraction of sp³-hybridized carbons (Fsp3) is 0.900. The summed E-state index contributed by atoms with van der Waals surface area (Å²) in [6.07, 6.45) is 5.86. The molecule has 0 aromatic carbocycles. The molecule has 1 aliphatic heterocycles. The highest BCUT2D eigenvalue weighted by atomic mass is 16.5. The van der Waals surface area contributed by atoms with E-state index in [0.29, 0.717) is 0 Å². The smallest absolute Gasteiger partial charge is 0.0733 e. The van der Waals surface area contributed by atoms with Gasteiger partial charge in [0, 0.05) is 6.61 Å². The van der Waals surface area contributed by atoms with Crippen LogP contribution in [0.15, 0.2) is 0 Å². The van der Waals surface area contributed by atoms with Gasteiger partial charge in [-0.3, -0.25) is 0 Å². The van der Waals surface area contributed by atoms with Crippen molar-refractivity contribution in [2.24, 2.45) is 5.92 Å². The summed E-state index contributed by atoms with van der Waals surface area (Å²) in [5.41, 5.74) is 0. The summed E-state index contributed by atoms with van der Waals surface area (Å²) in [4.78, 5) is 0. The number of hydrogen-bond acceptors (Lipinski definition) is 2. The molecule has 0 aromatic heterocycles. The van der Waals surface area contributed by atoms with Crippen molar-refractivity contribution in [1.82, 2.24) is 0 Å². The van der Waals surface area contributed by atoms with Crippen LogP contribution in [0.3, 0.4) is 0 Å². The first-order valence-electron chi connectivity index (χ1n) is 4.89. The molecule has 1 saturated heterocycles. The fourth-order valence-electron chi connectivity index (χ4n) is 1.70. The Bertz CT molecular complexity index is 154. The number of ether oxygens (including phenoxy) is 1. The quantitative estimate of drug-likeness (QED) is 0.633. The summed E-state index contributed by atoms with van der Waals surface area (Å²) < 4.78 is 5.62. The van der Waals surface area contributed by atoms with Crippen molar-refractivity contribution in [2.75, 3.05) is 6.61 Å². The van der Waals surface area contributed by atoms with Crippen LogP contribution in [0.1, 0.15) is 39.0 Å². The van der Waals surface area contributed by atoms with Crippen molar-refractivity contribution in [3.63, 3.8) is 0 Å². The molecule has 0 aliphatic carbocycles. The largest absolute Gasteiger partial charge is 0.377 e. The molecule has 2 heteroatoms. The van der Waals surface area contributed by atoms with Crippen LogP contribution in [-0.4, -0.2) is 12.7 Å². The van der Waals surface area contributed by atoms with Gasteiger partial charge in [0.15, 0.2) is 0 Å². The van der Waals surface area contributed by atoms with Crippen molar-refractivity contribution in [3.8, 4) is 6.07 Å². The van der Waals surface area contributed by atoms with Crippen molar-refractivity contribution in [1.29, 1.82) is 5.26 Å². The lowest BCUT2D eigenvalue weighted by molar-refractivity contribution is 0.0313. The molecule has 0 N–H and O–H groups in total. The van der Waals surface area contributed by atoms with E-state index in [9.17, 15) is 0 Å². The van der Waals surface area contributed by atoms with Crippen LogP contribution in [0.5, 0.6) is 0 Å². The van der Waals surface area contributed by atoms with E-state index in [2.05, 4.69) is 13.0 Å².